The van der Waals surface area contributed by atoms with Crippen LogP contribution in [-0.4, -0.2) is 48.1 Å². The van der Waals surface area contributed by atoms with Crippen LogP contribution in [0.25, 0.3) is 10.9 Å². The van der Waals surface area contributed by atoms with Crippen LogP contribution in [0.5, 0.6) is 0 Å². The number of hydrogen-bond donors (Lipinski definition) is 1. The summed E-state index contributed by atoms with van der Waals surface area (Å²) < 4.78 is 1.98. The first-order valence-corrected chi connectivity index (χ1v) is 9.64. The van der Waals surface area contributed by atoms with Crippen molar-refractivity contribution in [2.24, 2.45) is 0 Å². The zero-order valence-corrected chi connectivity index (χ0v) is 15.8. The Kier molecular flexibility index (Phi) is 5.12. The summed E-state index contributed by atoms with van der Waals surface area (Å²) in [6.45, 7) is 7.87. The fourth-order valence-corrected chi connectivity index (χ4v) is 3.74. The van der Waals surface area contributed by atoms with Crippen molar-refractivity contribution in [3.8, 4) is 0 Å². The first-order valence-electron chi connectivity index (χ1n) is 9.64. The lowest BCUT2D eigenvalue weighted by atomic mass is 10.2. The number of benzene rings is 2. The number of amides is 1. The van der Waals surface area contributed by atoms with E-state index in [0.29, 0.717) is 6.54 Å². The molecule has 1 N–H and O–H groups in total. The molecule has 1 aromatic heterocycles. The molecule has 0 spiro atoms. The van der Waals surface area contributed by atoms with E-state index in [2.05, 4.69) is 40.2 Å². The normalized spacial score (nSPS) is 15.2. The maximum Gasteiger partial charge on any atom is 0.244 e. The lowest BCUT2D eigenvalue weighted by Gasteiger charge is -2.35. The van der Waals surface area contributed by atoms with Crippen molar-refractivity contribution < 1.29 is 4.79 Å². The van der Waals surface area contributed by atoms with E-state index in [1.54, 1.807) is 0 Å². The molecule has 1 aliphatic rings. The molecule has 0 bridgehead atoms. The van der Waals surface area contributed by atoms with Gasteiger partial charge in [-0.1, -0.05) is 31.2 Å². The van der Waals surface area contributed by atoms with E-state index in [-0.39, 0.29) is 5.91 Å². The van der Waals surface area contributed by atoms with Crippen molar-refractivity contribution >= 4 is 28.2 Å². The number of carbonyl (C=O) groups excluding carboxylic acids is 1. The highest BCUT2D eigenvalue weighted by atomic mass is 16.1. The number of aromatic nitrogens is 1. The Hall–Kier alpha value is -2.79. The minimum absolute atomic E-state index is 0.00990. The molecule has 2 aromatic carbocycles. The first-order chi connectivity index (χ1) is 13.2. The number of fused-ring (bicyclic) bond motifs is 1. The second kappa shape index (κ2) is 7.84. The number of nitrogens with one attached hydrogen (secondary N) is 1. The largest absolute Gasteiger partial charge is 0.369 e. The highest BCUT2D eigenvalue weighted by molar-refractivity contribution is 5.92. The van der Waals surface area contributed by atoms with E-state index in [4.69, 9.17) is 0 Å². The van der Waals surface area contributed by atoms with E-state index in [1.807, 2.05) is 47.2 Å². The smallest absolute Gasteiger partial charge is 0.244 e. The number of piperazine rings is 1. The van der Waals surface area contributed by atoms with Crippen LogP contribution in [0.1, 0.15) is 6.92 Å². The van der Waals surface area contributed by atoms with Crippen LogP contribution < -0.4 is 10.2 Å². The van der Waals surface area contributed by atoms with Gasteiger partial charge in [0.1, 0.15) is 6.54 Å². The van der Waals surface area contributed by atoms with Crippen LogP contribution in [0.15, 0.2) is 60.8 Å². The van der Waals surface area contributed by atoms with Gasteiger partial charge in [0.05, 0.1) is 0 Å². The minimum Gasteiger partial charge on any atom is -0.369 e. The van der Waals surface area contributed by atoms with Crippen molar-refractivity contribution in [1.29, 1.82) is 0 Å². The van der Waals surface area contributed by atoms with Crippen LogP contribution in [0.4, 0.5) is 11.4 Å². The highest BCUT2D eigenvalue weighted by Crippen LogP contribution is 2.21. The second-order valence-corrected chi connectivity index (χ2v) is 7.02. The Balaban J connectivity index is 1.41. The van der Waals surface area contributed by atoms with Crippen LogP contribution >= 0.6 is 0 Å². The van der Waals surface area contributed by atoms with E-state index < -0.39 is 0 Å². The van der Waals surface area contributed by atoms with Crippen molar-refractivity contribution in [2.45, 2.75) is 13.5 Å². The number of para-hydroxylation sites is 1. The van der Waals surface area contributed by atoms with E-state index in [0.717, 1.165) is 49.3 Å². The predicted molar refractivity (Wildman–Crippen MR) is 111 cm³/mol. The number of nitrogens with zero attached hydrogens (tertiary/aromatic N) is 3. The lowest BCUT2D eigenvalue weighted by molar-refractivity contribution is -0.116. The van der Waals surface area contributed by atoms with Gasteiger partial charge in [-0.3, -0.25) is 4.79 Å². The third kappa shape index (κ3) is 3.98. The third-order valence-corrected chi connectivity index (χ3v) is 5.31. The molecule has 5 heteroatoms. The van der Waals surface area contributed by atoms with E-state index in [1.165, 1.54) is 5.69 Å². The molecule has 5 nitrogen and oxygen atoms in total. The van der Waals surface area contributed by atoms with E-state index >= 15 is 0 Å². The Morgan fingerprint density at radius 1 is 1.00 bits per heavy atom. The molecule has 1 saturated heterocycles. The van der Waals surface area contributed by atoms with Gasteiger partial charge in [-0.15, -0.1) is 0 Å². The van der Waals surface area contributed by atoms with Gasteiger partial charge >= 0.3 is 0 Å². The molecule has 1 fully saturated rings. The van der Waals surface area contributed by atoms with E-state index in [9.17, 15) is 4.79 Å². The molecule has 0 aliphatic carbocycles. The molecule has 1 amide bonds. The van der Waals surface area contributed by atoms with Crippen molar-refractivity contribution in [1.82, 2.24) is 9.47 Å². The summed E-state index contributed by atoms with van der Waals surface area (Å²) in [5.41, 5.74) is 3.11. The molecule has 0 saturated carbocycles. The summed E-state index contributed by atoms with van der Waals surface area (Å²) in [6.07, 6.45) is 1.97. The summed E-state index contributed by atoms with van der Waals surface area (Å²) in [4.78, 5) is 17.4. The Bertz CT molecular complexity index is 925. The molecule has 140 valence electrons. The summed E-state index contributed by atoms with van der Waals surface area (Å²) in [5.74, 6) is -0.00990. The average molecular weight is 362 g/mol. The molecule has 4 rings (SSSR count). The highest BCUT2D eigenvalue weighted by Gasteiger charge is 2.16. The van der Waals surface area contributed by atoms with Gasteiger partial charge in [-0.05, 0) is 42.3 Å². The standard InChI is InChI=1S/C22H26N4O/c1-2-24-12-14-25(15-13-24)20-8-5-7-19(16-20)23-22(27)17-26-11-10-18-6-3-4-9-21(18)26/h3-11,16H,2,12-15,17H2,1H3,(H,23,27). The minimum atomic E-state index is -0.00990. The van der Waals surface area contributed by atoms with Gasteiger partial charge in [-0.2, -0.15) is 0 Å². The summed E-state index contributed by atoms with van der Waals surface area (Å²) in [6, 6.07) is 18.3. The van der Waals surface area contributed by atoms with Crippen LogP contribution in [-0.2, 0) is 11.3 Å². The number of carbonyl (C=O) groups is 1. The van der Waals surface area contributed by atoms with Crippen LogP contribution in [0.2, 0.25) is 0 Å². The number of likely N-dealkylation sites (N-methyl/N-ethyl adjacent to an activating group) is 1. The van der Waals surface area contributed by atoms with Crippen molar-refractivity contribution in [3.05, 3.63) is 60.8 Å². The quantitative estimate of drug-likeness (QED) is 0.756. The molecule has 3 aromatic rings. The van der Waals surface area contributed by atoms with Gasteiger partial charge < -0.3 is 19.7 Å². The Morgan fingerprint density at radius 2 is 1.81 bits per heavy atom. The molecule has 0 unspecified atom stereocenters. The maximum absolute atomic E-state index is 12.5. The first kappa shape index (κ1) is 17.6. The molecule has 2 heterocycles. The monoisotopic (exact) mass is 362 g/mol. The fraction of sp³-hybridized carbons (Fsp3) is 0.318. The van der Waals surface area contributed by atoms with Gasteiger partial charge in [0.15, 0.2) is 0 Å². The van der Waals surface area contributed by atoms with Crippen LogP contribution in [0, 0.1) is 0 Å². The zero-order valence-electron chi connectivity index (χ0n) is 15.8. The lowest BCUT2D eigenvalue weighted by Crippen LogP contribution is -2.46. The SMILES string of the molecule is CCN1CCN(c2cccc(NC(=O)Cn3ccc4ccccc43)c2)CC1. The third-order valence-electron chi connectivity index (χ3n) is 5.31. The Morgan fingerprint density at radius 3 is 2.63 bits per heavy atom. The van der Waals surface area contributed by atoms with Crippen molar-refractivity contribution in [3.63, 3.8) is 0 Å². The summed E-state index contributed by atoms with van der Waals surface area (Å²) >= 11 is 0. The predicted octanol–water partition coefficient (Wildman–Crippen LogP) is 3.42. The topological polar surface area (TPSA) is 40.5 Å². The number of hydrogen-bond acceptors (Lipinski definition) is 3. The molecule has 1 aliphatic heterocycles. The van der Waals surface area contributed by atoms with Gasteiger partial charge in [0, 0.05) is 49.3 Å². The fourth-order valence-electron chi connectivity index (χ4n) is 3.74. The second-order valence-electron chi connectivity index (χ2n) is 7.02. The zero-order chi connectivity index (χ0) is 18.6. The van der Waals surface area contributed by atoms with Gasteiger partial charge in [0.25, 0.3) is 0 Å². The molecular weight excluding hydrogens is 336 g/mol. The molecule has 0 atom stereocenters. The molecule has 0 radical (unpaired) electrons. The molecule has 27 heavy (non-hydrogen) atoms. The number of anilines is 2. The molecular formula is C22H26N4O. The summed E-state index contributed by atoms with van der Waals surface area (Å²) in [7, 11) is 0. The average Bonchev–Trinajstić information content (AvgIpc) is 3.11. The van der Waals surface area contributed by atoms with Gasteiger partial charge in [-0.25, -0.2) is 0 Å². The van der Waals surface area contributed by atoms with Gasteiger partial charge in [0.2, 0.25) is 5.91 Å². The Labute approximate surface area is 160 Å². The maximum atomic E-state index is 12.5. The number of rotatable bonds is 5. The van der Waals surface area contributed by atoms with Crippen LogP contribution in [0.3, 0.4) is 0 Å². The summed E-state index contributed by atoms with van der Waals surface area (Å²) in [5, 5.41) is 4.20. The van der Waals surface area contributed by atoms with Crippen molar-refractivity contribution in [2.75, 3.05) is 42.9 Å².